The van der Waals surface area contributed by atoms with Gasteiger partial charge < -0.3 is 5.32 Å². The molecule has 1 saturated heterocycles. The molecule has 1 unspecified atom stereocenters. The van der Waals surface area contributed by atoms with E-state index in [0.29, 0.717) is 17.9 Å². The topological polar surface area (TPSA) is 12.0 Å². The fourth-order valence-corrected chi connectivity index (χ4v) is 2.56. The van der Waals surface area contributed by atoms with Crippen molar-refractivity contribution < 1.29 is 8.78 Å². The molecule has 1 aromatic rings. The highest BCUT2D eigenvalue weighted by Crippen LogP contribution is 2.25. The first-order valence-electron chi connectivity index (χ1n) is 6.76. The van der Waals surface area contributed by atoms with Gasteiger partial charge in [0.2, 0.25) is 0 Å². The maximum absolute atomic E-state index is 13.8. The lowest BCUT2D eigenvalue weighted by atomic mass is 9.90. The Balaban J connectivity index is 2.19. The van der Waals surface area contributed by atoms with Crippen LogP contribution in [0.15, 0.2) is 12.1 Å². The van der Waals surface area contributed by atoms with E-state index >= 15 is 0 Å². The Hall–Kier alpha value is -0.960. The first-order chi connectivity index (χ1) is 8.58. The quantitative estimate of drug-likeness (QED) is 0.867. The summed E-state index contributed by atoms with van der Waals surface area (Å²) in [6.45, 7) is 5.95. The molecule has 1 aliphatic heterocycles. The first kappa shape index (κ1) is 13.5. The van der Waals surface area contributed by atoms with Crippen molar-refractivity contribution in [2.75, 3.05) is 13.1 Å². The molecule has 1 atom stereocenters. The molecule has 0 bridgehead atoms. The van der Waals surface area contributed by atoms with E-state index in [4.69, 9.17) is 0 Å². The smallest absolute Gasteiger partial charge is 0.162 e. The van der Waals surface area contributed by atoms with E-state index in [1.807, 2.05) is 19.9 Å². The van der Waals surface area contributed by atoms with Crippen molar-refractivity contribution in [3.05, 3.63) is 34.9 Å². The van der Waals surface area contributed by atoms with Crippen molar-refractivity contribution >= 4 is 0 Å². The van der Waals surface area contributed by atoms with E-state index in [9.17, 15) is 8.78 Å². The fourth-order valence-electron chi connectivity index (χ4n) is 2.56. The minimum Gasteiger partial charge on any atom is -0.316 e. The number of piperidine rings is 1. The summed E-state index contributed by atoms with van der Waals surface area (Å²) in [7, 11) is 0. The van der Waals surface area contributed by atoms with Crippen molar-refractivity contribution in [3.8, 4) is 0 Å². The summed E-state index contributed by atoms with van der Waals surface area (Å²) in [5.41, 5.74) is 1.42. The number of rotatable bonds is 3. The maximum atomic E-state index is 13.8. The molecule has 1 heterocycles. The Morgan fingerprint density at radius 1 is 1.33 bits per heavy atom. The van der Waals surface area contributed by atoms with Crippen LogP contribution >= 0.6 is 0 Å². The molecule has 0 radical (unpaired) electrons. The van der Waals surface area contributed by atoms with Crippen LogP contribution in [0.2, 0.25) is 0 Å². The third-order valence-electron chi connectivity index (χ3n) is 3.70. The number of halogens is 2. The second-order valence-corrected chi connectivity index (χ2v) is 5.55. The van der Waals surface area contributed by atoms with Crippen LogP contribution in [0.25, 0.3) is 0 Å². The minimum atomic E-state index is -0.708. The molecule has 1 aliphatic rings. The number of hydrogen-bond donors (Lipinski definition) is 1. The van der Waals surface area contributed by atoms with Crippen molar-refractivity contribution in [1.29, 1.82) is 0 Å². The lowest BCUT2D eigenvalue weighted by Gasteiger charge is -2.23. The largest absolute Gasteiger partial charge is 0.316 e. The second-order valence-electron chi connectivity index (χ2n) is 5.55. The third-order valence-corrected chi connectivity index (χ3v) is 3.70. The van der Waals surface area contributed by atoms with Gasteiger partial charge in [-0.2, -0.15) is 0 Å². The van der Waals surface area contributed by atoms with Gasteiger partial charge in [0, 0.05) is 0 Å². The Morgan fingerprint density at radius 2 is 2.11 bits per heavy atom. The van der Waals surface area contributed by atoms with Crippen molar-refractivity contribution in [3.63, 3.8) is 0 Å². The van der Waals surface area contributed by atoms with Crippen LogP contribution in [0.1, 0.15) is 43.7 Å². The predicted octanol–water partition coefficient (Wildman–Crippen LogP) is 3.63. The monoisotopic (exact) mass is 253 g/mol. The molecule has 1 N–H and O–H groups in total. The van der Waals surface area contributed by atoms with Gasteiger partial charge in [-0.3, -0.25) is 0 Å². The second kappa shape index (κ2) is 5.79. The molecule has 0 aliphatic carbocycles. The molecule has 1 nitrogen and oxygen atoms in total. The van der Waals surface area contributed by atoms with Gasteiger partial charge in [-0.15, -0.1) is 0 Å². The average molecular weight is 253 g/mol. The van der Waals surface area contributed by atoms with E-state index in [-0.39, 0.29) is 5.92 Å². The highest BCUT2D eigenvalue weighted by molar-refractivity contribution is 5.29. The van der Waals surface area contributed by atoms with E-state index < -0.39 is 11.6 Å². The molecule has 2 rings (SSSR count). The Kier molecular flexibility index (Phi) is 4.33. The predicted molar refractivity (Wildman–Crippen MR) is 69.7 cm³/mol. The maximum Gasteiger partial charge on any atom is 0.162 e. The summed E-state index contributed by atoms with van der Waals surface area (Å²) in [5, 5.41) is 3.31. The Morgan fingerprint density at radius 3 is 2.72 bits per heavy atom. The molecular weight excluding hydrogens is 232 g/mol. The van der Waals surface area contributed by atoms with Gasteiger partial charge in [0.15, 0.2) is 11.6 Å². The normalized spacial score (nSPS) is 20.4. The summed E-state index contributed by atoms with van der Waals surface area (Å²) >= 11 is 0. The summed E-state index contributed by atoms with van der Waals surface area (Å²) in [6, 6.07) is 3.15. The van der Waals surface area contributed by atoms with Crippen LogP contribution in [-0.4, -0.2) is 13.1 Å². The fraction of sp³-hybridized carbons (Fsp3) is 0.600. The van der Waals surface area contributed by atoms with Gasteiger partial charge in [-0.05, 0) is 61.4 Å². The average Bonchev–Trinajstić information content (AvgIpc) is 2.35. The van der Waals surface area contributed by atoms with Gasteiger partial charge >= 0.3 is 0 Å². The van der Waals surface area contributed by atoms with Crippen LogP contribution in [-0.2, 0) is 6.42 Å². The van der Waals surface area contributed by atoms with Crippen LogP contribution in [0.5, 0.6) is 0 Å². The molecule has 0 spiro atoms. The summed E-state index contributed by atoms with van der Waals surface area (Å²) in [4.78, 5) is 0. The lowest BCUT2D eigenvalue weighted by molar-refractivity contribution is 0.369. The number of benzene rings is 1. The first-order valence-corrected chi connectivity index (χ1v) is 6.76. The molecule has 1 aromatic carbocycles. The van der Waals surface area contributed by atoms with E-state index in [1.54, 1.807) is 0 Å². The molecule has 18 heavy (non-hydrogen) atoms. The summed E-state index contributed by atoms with van der Waals surface area (Å²) in [5.74, 6) is -0.719. The molecule has 0 amide bonds. The number of hydrogen-bond acceptors (Lipinski definition) is 1. The van der Waals surface area contributed by atoms with Gasteiger partial charge in [-0.1, -0.05) is 19.9 Å². The molecule has 3 heteroatoms. The van der Waals surface area contributed by atoms with E-state index in [0.717, 1.165) is 31.5 Å². The standard InChI is InChI=1S/C15H21F2N/c1-10(2)12-7-13(15(17)14(16)8-12)6-11-4-3-5-18-9-11/h7-8,10-11,18H,3-6,9H2,1-2H3. The third kappa shape index (κ3) is 3.08. The van der Waals surface area contributed by atoms with E-state index in [2.05, 4.69) is 5.32 Å². The lowest BCUT2D eigenvalue weighted by Crippen LogP contribution is -2.31. The van der Waals surface area contributed by atoms with Gasteiger partial charge in [0.05, 0.1) is 0 Å². The molecule has 0 saturated carbocycles. The van der Waals surface area contributed by atoms with Gasteiger partial charge in [0.25, 0.3) is 0 Å². The zero-order valence-corrected chi connectivity index (χ0v) is 11.1. The Labute approximate surface area is 108 Å². The van der Waals surface area contributed by atoms with Crippen LogP contribution in [0.4, 0.5) is 8.78 Å². The van der Waals surface area contributed by atoms with Crippen LogP contribution < -0.4 is 5.32 Å². The van der Waals surface area contributed by atoms with Crippen LogP contribution in [0, 0.1) is 17.6 Å². The SMILES string of the molecule is CC(C)c1cc(F)c(F)c(CC2CCCNC2)c1. The molecule has 100 valence electrons. The summed E-state index contributed by atoms with van der Waals surface area (Å²) < 4.78 is 27.4. The summed E-state index contributed by atoms with van der Waals surface area (Å²) in [6.07, 6.45) is 2.86. The van der Waals surface area contributed by atoms with Crippen molar-refractivity contribution in [2.45, 2.75) is 39.0 Å². The highest BCUT2D eigenvalue weighted by Gasteiger charge is 2.18. The Bertz CT molecular complexity index is 409. The molecule has 0 aromatic heterocycles. The van der Waals surface area contributed by atoms with Gasteiger partial charge in [-0.25, -0.2) is 8.78 Å². The zero-order chi connectivity index (χ0) is 13.1. The van der Waals surface area contributed by atoms with Crippen molar-refractivity contribution in [2.24, 2.45) is 5.92 Å². The highest BCUT2D eigenvalue weighted by atomic mass is 19.2. The van der Waals surface area contributed by atoms with Crippen LogP contribution in [0.3, 0.4) is 0 Å². The number of nitrogens with one attached hydrogen (secondary N) is 1. The molecule has 1 fully saturated rings. The zero-order valence-electron chi connectivity index (χ0n) is 11.1. The van der Waals surface area contributed by atoms with Crippen molar-refractivity contribution in [1.82, 2.24) is 5.32 Å². The van der Waals surface area contributed by atoms with Gasteiger partial charge in [0.1, 0.15) is 0 Å². The van der Waals surface area contributed by atoms with E-state index in [1.165, 1.54) is 6.07 Å². The minimum absolute atomic E-state index is 0.225. The molecular formula is C15H21F2N.